The molecule has 0 bridgehead atoms. The van der Waals surface area contributed by atoms with Gasteiger partial charge in [0.15, 0.2) is 0 Å². The Morgan fingerprint density at radius 2 is 1.26 bits per heavy atom. The zero-order valence-electron chi connectivity index (χ0n) is 18.4. The first kappa shape index (κ1) is 24.4. The molecular formula is C26H26FN3O4. The number of amides is 3. The van der Waals surface area contributed by atoms with Gasteiger partial charge < -0.3 is 21.1 Å². The van der Waals surface area contributed by atoms with Crippen molar-refractivity contribution in [2.24, 2.45) is 5.73 Å². The minimum absolute atomic E-state index is 0.0425. The summed E-state index contributed by atoms with van der Waals surface area (Å²) in [7, 11) is 0. The first-order valence-corrected chi connectivity index (χ1v) is 10.8. The van der Waals surface area contributed by atoms with E-state index in [0.717, 1.165) is 11.1 Å². The molecule has 0 saturated carbocycles. The zero-order valence-corrected chi connectivity index (χ0v) is 18.4. The normalized spacial score (nSPS) is 12.3. The summed E-state index contributed by atoms with van der Waals surface area (Å²) in [6, 6.07) is 21.7. The van der Waals surface area contributed by atoms with E-state index in [1.807, 2.05) is 60.7 Å². The second kappa shape index (κ2) is 12.2. The highest BCUT2D eigenvalue weighted by atomic mass is 19.1. The van der Waals surface area contributed by atoms with Gasteiger partial charge in [0.2, 0.25) is 11.8 Å². The van der Waals surface area contributed by atoms with Crippen molar-refractivity contribution in [1.29, 1.82) is 0 Å². The van der Waals surface area contributed by atoms with Crippen LogP contribution >= 0.6 is 0 Å². The van der Waals surface area contributed by atoms with Crippen molar-refractivity contribution in [3.63, 3.8) is 0 Å². The molecule has 0 aliphatic carbocycles. The molecule has 2 atom stereocenters. The molecule has 8 heteroatoms. The van der Waals surface area contributed by atoms with Gasteiger partial charge in [-0.1, -0.05) is 72.8 Å². The summed E-state index contributed by atoms with van der Waals surface area (Å²) in [5.74, 6) is -1.75. The lowest BCUT2D eigenvalue weighted by molar-refractivity contribution is -0.128. The maximum Gasteiger partial charge on any atom is 0.408 e. The zero-order chi connectivity index (χ0) is 24.3. The molecule has 0 aliphatic rings. The summed E-state index contributed by atoms with van der Waals surface area (Å²) in [5, 5.41) is 5.18. The van der Waals surface area contributed by atoms with E-state index < -0.39 is 35.8 Å². The van der Waals surface area contributed by atoms with E-state index in [2.05, 4.69) is 10.6 Å². The SMILES string of the molecule is NC(=O)[C@H](Cc1ccc(F)cc1)NC(=O)[C@H](Cc1ccccc1)NC(=O)OCc1ccccc1. The summed E-state index contributed by atoms with van der Waals surface area (Å²) < 4.78 is 18.4. The molecule has 0 fully saturated rings. The van der Waals surface area contributed by atoms with E-state index in [-0.39, 0.29) is 19.4 Å². The summed E-state index contributed by atoms with van der Waals surface area (Å²) in [5.41, 5.74) is 7.72. The average molecular weight is 464 g/mol. The Labute approximate surface area is 197 Å². The van der Waals surface area contributed by atoms with Crippen LogP contribution in [0.15, 0.2) is 84.9 Å². The van der Waals surface area contributed by atoms with Crippen LogP contribution in [0.4, 0.5) is 9.18 Å². The number of primary amides is 1. The highest BCUT2D eigenvalue weighted by Gasteiger charge is 2.26. The average Bonchev–Trinajstić information content (AvgIpc) is 2.84. The maximum absolute atomic E-state index is 13.2. The van der Waals surface area contributed by atoms with Crippen LogP contribution in [0.2, 0.25) is 0 Å². The molecule has 0 unspecified atom stereocenters. The molecule has 0 saturated heterocycles. The molecule has 176 valence electrons. The van der Waals surface area contributed by atoms with Gasteiger partial charge >= 0.3 is 6.09 Å². The number of rotatable bonds is 10. The van der Waals surface area contributed by atoms with Gasteiger partial charge in [0.05, 0.1) is 0 Å². The molecule has 3 aromatic carbocycles. The topological polar surface area (TPSA) is 111 Å². The molecule has 0 spiro atoms. The van der Waals surface area contributed by atoms with Crippen molar-refractivity contribution < 1.29 is 23.5 Å². The Morgan fingerprint density at radius 3 is 1.85 bits per heavy atom. The monoisotopic (exact) mass is 463 g/mol. The number of nitrogens with one attached hydrogen (secondary N) is 2. The molecule has 4 N–H and O–H groups in total. The largest absolute Gasteiger partial charge is 0.445 e. The molecule has 3 aromatic rings. The Bertz CT molecular complexity index is 1090. The Hall–Kier alpha value is -4.20. The van der Waals surface area contributed by atoms with Gasteiger partial charge in [0.1, 0.15) is 24.5 Å². The first-order valence-electron chi connectivity index (χ1n) is 10.8. The molecule has 0 heterocycles. The van der Waals surface area contributed by atoms with E-state index >= 15 is 0 Å². The summed E-state index contributed by atoms with van der Waals surface area (Å²) in [6.45, 7) is 0.0425. The van der Waals surface area contributed by atoms with Gasteiger partial charge in [-0.2, -0.15) is 0 Å². The predicted molar refractivity (Wildman–Crippen MR) is 125 cm³/mol. The van der Waals surface area contributed by atoms with E-state index in [9.17, 15) is 18.8 Å². The van der Waals surface area contributed by atoms with Gasteiger partial charge in [0.25, 0.3) is 0 Å². The number of alkyl carbamates (subject to hydrolysis) is 1. The van der Waals surface area contributed by atoms with Gasteiger partial charge in [-0.25, -0.2) is 9.18 Å². The minimum atomic E-state index is -1.04. The fourth-order valence-electron chi connectivity index (χ4n) is 3.32. The fraction of sp³-hybridized carbons (Fsp3) is 0.192. The van der Waals surface area contributed by atoms with E-state index in [1.54, 1.807) is 0 Å². The van der Waals surface area contributed by atoms with Crippen LogP contribution in [0.1, 0.15) is 16.7 Å². The molecular weight excluding hydrogens is 437 g/mol. The van der Waals surface area contributed by atoms with Gasteiger partial charge in [-0.05, 0) is 28.8 Å². The molecule has 3 amide bonds. The highest BCUT2D eigenvalue weighted by Crippen LogP contribution is 2.09. The summed E-state index contributed by atoms with van der Waals surface area (Å²) in [6.07, 6.45) is -0.512. The second-order valence-electron chi connectivity index (χ2n) is 7.74. The molecule has 0 aromatic heterocycles. The van der Waals surface area contributed by atoms with Gasteiger partial charge in [0, 0.05) is 12.8 Å². The van der Waals surface area contributed by atoms with Crippen LogP contribution in [0.3, 0.4) is 0 Å². The van der Waals surface area contributed by atoms with Crippen molar-refractivity contribution in [1.82, 2.24) is 10.6 Å². The lowest BCUT2D eigenvalue weighted by atomic mass is 10.0. The number of ether oxygens (including phenoxy) is 1. The van der Waals surface area contributed by atoms with Gasteiger partial charge in [-0.15, -0.1) is 0 Å². The van der Waals surface area contributed by atoms with Gasteiger partial charge in [-0.3, -0.25) is 9.59 Å². The third-order valence-electron chi connectivity index (χ3n) is 5.12. The number of nitrogens with two attached hydrogens (primary N) is 1. The lowest BCUT2D eigenvalue weighted by Crippen LogP contribution is -2.54. The number of carbonyl (C=O) groups excluding carboxylic acids is 3. The van der Waals surface area contributed by atoms with Crippen molar-refractivity contribution in [2.75, 3.05) is 0 Å². The Balaban J connectivity index is 1.68. The molecule has 0 radical (unpaired) electrons. The number of benzene rings is 3. The van der Waals surface area contributed by atoms with Crippen LogP contribution in [0, 0.1) is 5.82 Å². The smallest absolute Gasteiger partial charge is 0.408 e. The van der Waals surface area contributed by atoms with Crippen molar-refractivity contribution in [2.45, 2.75) is 31.5 Å². The molecule has 7 nitrogen and oxygen atoms in total. The maximum atomic E-state index is 13.2. The van der Waals surface area contributed by atoms with Crippen LogP contribution in [0.25, 0.3) is 0 Å². The quantitative estimate of drug-likeness (QED) is 0.429. The third-order valence-corrected chi connectivity index (χ3v) is 5.12. The first-order chi connectivity index (χ1) is 16.4. The predicted octanol–water partition coefficient (Wildman–Crippen LogP) is 2.88. The summed E-state index contributed by atoms with van der Waals surface area (Å²) >= 11 is 0. The van der Waals surface area contributed by atoms with Crippen molar-refractivity contribution >= 4 is 17.9 Å². The third kappa shape index (κ3) is 7.74. The summed E-state index contributed by atoms with van der Waals surface area (Å²) in [4.78, 5) is 37.5. The highest BCUT2D eigenvalue weighted by molar-refractivity contribution is 5.91. The Kier molecular flexibility index (Phi) is 8.73. The second-order valence-corrected chi connectivity index (χ2v) is 7.74. The number of hydrogen-bond donors (Lipinski definition) is 3. The van der Waals surface area contributed by atoms with E-state index in [1.165, 1.54) is 24.3 Å². The van der Waals surface area contributed by atoms with Crippen molar-refractivity contribution in [3.8, 4) is 0 Å². The fourth-order valence-corrected chi connectivity index (χ4v) is 3.32. The standard InChI is InChI=1S/C26H26FN3O4/c27-21-13-11-19(12-14-21)15-22(24(28)31)29-25(32)23(16-18-7-3-1-4-8-18)30-26(33)34-17-20-9-5-2-6-10-20/h1-14,22-23H,15-17H2,(H2,28,31)(H,29,32)(H,30,33)/t22-,23-/m0/s1. The van der Waals surface area contributed by atoms with Crippen LogP contribution in [-0.2, 0) is 33.8 Å². The van der Waals surface area contributed by atoms with Crippen molar-refractivity contribution in [3.05, 3.63) is 107 Å². The lowest BCUT2D eigenvalue weighted by Gasteiger charge is -2.22. The molecule has 0 aliphatic heterocycles. The van der Waals surface area contributed by atoms with E-state index in [4.69, 9.17) is 10.5 Å². The van der Waals surface area contributed by atoms with Crippen LogP contribution in [0.5, 0.6) is 0 Å². The molecule has 34 heavy (non-hydrogen) atoms. The van der Waals surface area contributed by atoms with Crippen LogP contribution < -0.4 is 16.4 Å². The molecule has 3 rings (SSSR count). The Morgan fingerprint density at radius 1 is 0.735 bits per heavy atom. The number of hydrogen-bond acceptors (Lipinski definition) is 4. The number of halogens is 1. The van der Waals surface area contributed by atoms with E-state index in [0.29, 0.717) is 5.56 Å². The van der Waals surface area contributed by atoms with Crippen LogP contribution in [-0.4, -0.2) is 30.0 Å². The minimum Gasteiger partial charge on any atom is -0.445 e. The number of carbonyl (C=O) groups is 3.